The van der Waals surface area contributed by atoms with E-state index in [4.69, 9.17) is 38.3 Å². The first-order valence-electron chi connectivity index (χ1n) is 15.5. The second-order valence-corrected chi connectivity index (χ2v) is 12.5. The molecule has 11 nitrogen and oxygen atoms in total. The molecule has 0 bridgehead atoms. The molecule has 0 spiro atoms. The zero-order valence-corrected chi connectivity index (χ0v) is 28.1. The van der Waals surface area contributed by atoms with Gasteiger partial charge in [-0.25, -0.2) is 4.99 Å². The van der Waals surface area contributed by atoms with Crippen LogP contribution in [0.3, 0.4) is 0 Å². The van der Waals surface area contributed by atoms with Crippen molar-refractivity contribution in [2.24, 2.45) is 10.7 Å². The average molecular weight is 692 g/mol. The van der Waals surface area contributed by atoms with E-state index in [0.717, 1.165) is 16.7 Å². The molecular formula is C35H36Cl2N6O5. The van der Waals surface area contributed by atoms with Gasteiger partial charge in [0.2, 0.25) is 23.7 Å². The molecule has 13 heteroatoms. The molecule has 0 saturated carbocycles. The Balaban J connectivity index is 1.33. The summed E-state index contributed by atoms with van der Waals surface area (Å²) in [6.07, 6.45) is 2.42. The lowest BCUT2D eigenvalue weighted by molar-refractivity contribution is -0.140. The van der Waals surface area contributed by atoms with Gasteiger partial charge in [0.15, 0.2) is 0 Å². The van der Waals surface area contributed by atoms with Gasteiger partial charge >= 0.3 is 0 Å². The summed E-state index contributed by atoms with van der Waals surface area (Å²) < 4.78 is 5.68. The van der Waals surface area contributed by atoms with Crippen molar-refractivity contribution in [2.75, 3.05) is 32.0 Å². The Bertz CT molecular complexity index is 1870. The van der Waals surface area contributed by atoms with Gasteiger partial charge in [0.05, 0.1) is 16.6 Å². The molecule has 0 aliphatic carbocycles. The van der Waals surface area contributed by atoms with Crippen LogP contribution in [0.25, 0.3) is 11.0 Å². The third kappa shape index (κ3) is 8.72. The van der Waals surface area contributed by atoms with Gasteiger partial charge in [-0.05, 0) is 98.8 Å². The van der Waals surface area contributed by atoms with Crippen LogP contribution in [-0.2, 0) is 16.0 Å². The molecule has 1 aliphatic rings. The van der Waals surface area contributed by atoms with Crippen molar-refractivity contribution >= 4 is 69.4 Å². The zero-order chi connectivity index (χ0) is 34.4. The lowest BCUT2D eigenvalue weighted by Gasteiger charge is -2.26. The number of nitrogens with one attached hydrogen (secondary N) is 2. The lowest BCUT2D eigenvalue weighted by atomic mass is 10.1. The number of nitrogens with zero attached hydrogens (tertiary/aromatic N) is 3. The van der Waals surface area contributed by atoms with Crippen molar-refractivity contribution in [3.05, 3.63) is 99.2 Å². The molecule has 1 saturated heterocycles. The van der Waals surface area contributed by atoms with Crippen LogP contribution in [0.4, 0.5) is 5.69 Å². The van der Waals surface area contributed by atoms with Crippen LogP contribution in [0.1, 0.15) is 51.3 Å². The van der Waals surface area contributed by atoms with Gasteiger partial charge in [0.25, 0.3) is 5.91 Å². The summed E-state index contributed by atoms with van der Waals surface area (Å²) in [5, 5.41) is 7.70. The van der Waals surface area contributed by atoms with Crippen molar-refractivity contribution in [1.82, 2.24) is 15.1 Å². The van der Waals surface area contributed by atoms with Crippen molar-refractivity contribution < 1.29 is 23.6 Å². The van der Waals surface area contributed by atoms with Crippen LogP contribution in [0.15, 0.2) is 76.1 Å². The molecule has 2 heterocycles. The number of likely N-dealkylation sites (N-methyl/N-ethyl adjacent to an activating group) is 1. The highest BCUT2D eigenvalue weighted by Crippen LogP contribution is 2.24. The molecular weight excluding hydrogens is 655 g/mol. The molecule has 4 N–H and O–H groups in total. The summed E-state index contributed by atoms with van der Waals surface area (Å²) in [6, 6.07) is 17.7. The number of hydrogen-bond acceptors (Lipinski definition) is 6. The van der Waals surface area contributed by atoms with Gasteiger partial charge in [0.1, 0.15) is 17.4 Å². The lowest BCUT2D eigenvalue weighted by Crippen LogP contribution is -2.45. The van der Waals surface area contributed by atoms with E-state index < -0.39 is 17.9 Å². The number of aliphatic imine (C=N–C) groups is 1. The Labute approximate surface area is 288 Å². The number of rotatable bonds is 9. The quantitative estimate of drug-likeness (QED) is 0.158. The molecule has 4 aromatic rings. The minimum absolute atomic E-state index is 0.0591. The van der Waals surface area contributed by atoms with Crippen molar-refractivity contribution in [3.8, 4) is 0 Å². The van der Waals surface area contributed by atoms with Crippen LogP contribution >= 0.6 is 23.2 Å². The number of carbonyl (C=O) groups excluding carboxylic acids is 4. The SMILES string of the molecule is Cc1cc2cc(NC(=N[C@H]3CCCCN(CC(=O)N(C)CCc4ccc(Cl)c(Cl)c4)C3=O)NC(=O)c3ccc(C(N)=O)cc3)ccc2o1. The number of anilines is 1. The number of primary amides is 1. The summed E-state index contributed by atoms with van der Waals surface area (Å²) in [6.45, 7) is 2.60. The summed E-state index contributed by atoms with van der Waals surface area (Å²) in [7, 11) is 1.70. The molecule has 250 valence electrons. The molecule has 4 amide bonds. The van der Waals surface area contributed by atoms with E-state index in [1.54, 1.807) is 36.2 Å². The highest BCUT2D eigenvalue weighted by atomic mass is 35.5. The van der Waals surface area contributed by atoms with Crippen LogP contribution in [0.2, 0.25) is 10.0 Å². The number of nitrogens with two attached hydrogens (primary N) is 1. The number of guanidine groups is 1. The maximum atomic E-state index is 13.8. The highest BCUT2D eigenvalue weighted by molar-refractivity contribution is 6.42. The van der Waals surface area contributed by atoms with Crippen LogP contribution in [-0.4, -0.2) is 72.1 Å². The molecule has 0 unspecified atom stereocenters. The molecule has 1 aliphatic heterocycles. The Morgan fingerprint density at radius 1 is 1.00 bits per heavy atom. The topological polar surface area (TPSA) is 150 Å². The summed E-state index contributed by atoms with van der Waals surface area (Å²) >= 11 is 12.1. The predicted octanol–water partition coefficient (Wildman–Crippen LogP) is 5.43. The van der Waals surface area contributed by atoms with Gasteiger partial charge in [-0.15, -0.1) is 0 Å². The third-order valence-corrected chi connectivity index (χ3v) is 8.81. The summed E-state index contributed by atoms with van der Waals surface area (Å²) in [5.74, 6) is -0.814. The molecule has 3 aromatic carbocycles. The number of likely N-dealkylation sites (tertiary alicyclic amines) is 1. The first-order chi connectivity index (χ1) is 23.0. The second-order valence-electron chi connectivity index (χ2n) is 11.7. The standard InChI is InChI=1S/C35H36Cl2N6O5/c1-21-17-25-19-26(11-13-30(25)48-21)39-35(41-33(46)24-9-7-23(8-10-24)32(38)45)40-29-5-3-4-15-43(34(29)47)20-31(44)42(2)16-14-22-6-12-27(36)28(37)18-22/h6-13,17-19,29H,3-5,14-16,20H2,1-2H3,(H2,38,45)(H2,39,40,41,46)/t29-/m0/s1. The number of aryl methyl sites for hydroxylation is 1. The predicted molar refractivity (Wildman–Crippen MR) is 186 cm³/mol. The first kappa shape index (κ1) is 34.5. The van der Waals surface area contributed by atoms with Gasteiger partial charge in [-0.3, -0.25) is 24.5 Å². The van der Waals surface area contributed by atoms with E-state index in [0.29, 0.717) is 60.1 Å². The fourth-order valence-electron chi connectivity index (χ4n) is 5.37. The Kier molecular flexibility index (Phi) is 11.0. The highest BCUT2D eigenvalue weighted by Gasteiger charge is 2.29. The smallest absolute Gasteiger partial charge is 0.257 e. The van der Waals surface area contributed by atoms with Crippen LogP contribution in [0.5, 0.6) is 0 Å². The van der Waals surface area contributed by atoms with E-state index in [1.165, 1.54) is 29.2 Å². The molecule has 1 aromatic heterocycles. The molecule has 1 fully saturated rings. The summed E-state index contributed by atoms with van der Waals surface area (Å²) in [5.41, 5.74) is 8.13. The number of amides is 4. The van der Waals surface area contributed by atoms with E-state index >= 15 is 0 Å². The van der Waals surface area contributed by atoms with E-state index in [2.05, 4.69) is 10.6 Å². The van der Waals surface area contributed by atoms with Gasteiger partial charge in [-0.1, -0.05) is 29.3 Å². The third-order valence-electron chi connectivity index (χ3n) is 8.07. The van der Waals surface area contributed by atoms with Gasteiger partial charge in [-0.2, -0.15) is 0 Å². The maximum Gasteiger partial charge on any atom is 0.257 e. The zero-order valence-electron chi connectivity index (χ0n) is 26.6. The van der Waals surface area contributed by atoms with Crippen LogP contribution < -0.4 is 16.4 Å². The van der Waals surface area contributed by atoms with Gasteiger partial charge < -0.3 is 25.3 Å². The minimum Gasteiger partial charge on any atom is -0.461 e. The Hall–Kier alpha value is -4.87. The summed E-state index contributed by atoms with van der Waals surface area (Å²) in [4.78, 5) is 59.6. The Morgan fingerprint density at radius 3 is 2.48 bits per heavy atom. The molecule has 1 atom stereocenters. The minimum atomic E-state index is -0.846. The van der Waals surface area contributed by atoms with E-state index in [1.807, 2.05) is 25.1 Å². The number of benzene rings is 3. The van der Waals surface area contributed by atoms with E-state index in [9.17, 15) is 19.2 Å². The van der Waals surface area contributed by atoms with Crippen molar-refractivity contribution in [1.29, 1.82) is 0 Å². The van der Waals surface area contributed by atoms with Crippen LogP contribution in [0, 0.1) is 6.92 Å². The van der Waals surface area contributed by atoms with Gasteiger partial charge in [0, 0.05) is 42.3 Å². The molecule has 5 rings (SSSR count). The number of halogens is 2. The van der Waals surface area contributed by atoms with Crippen molar-refractivity contribution in [2.45, 2.75) is 38.6 Å². The van der Waals surface area contributed by atoms with Crippen molar-refractivity contribution in [3.63, 3.8) is 0 Å². The molecule has 48 heavy (non-hydrogen) atoms. The number of fused-ring (bicyclic) bond motifs is 1. The fourth-order valence-corrected chi connectivity index (χ4v) is 5.69. The maximum absolute atomic E-state index is 13.8. The second kappa shape index (κ2) is 15.4. The normalized spacial score (nSPS) is 15.2. The fraction of sp³-hybridized carbons (Fsp3) is 0.286. The number of furan rings is 1. The first-order valence-corrected chi connectivity index (χ1v) is 16.3. The number of hydrogen-bond donors (Lipinski definition) is 3. The number of carbonyl (C=O) groups is 4. The molecule has 0 radical (unpaired) electrons. The van der Waals surface area contributed by atoms with E-state index in [-0.39, 0.29) is 35.4 Å². The largest absolute Gasteiger partial charge is 0.461 e. The Morgan fingerprint density at radius 2 is 1.75 bits per heavy atom. The average Bonchev–Trinajstić information content (AvgIpc) is 3.35. The monoisotopic (exact) mass is 690 g/mol.